The third-order valence-corrected chi connectivity index (χ3v) is 3.57. The highest BCUT2D eigenvalue weighted by atomic mass is 16.3. The Kier molecular flexibility index (Phi) is 7.21. The van der Waals surface area contributed by atoms with Gasteiger partial charge in [0.25, 0.3) is 0 Å². The lowest BCUT2D eigenvalue weighted by molar-refractivity contribution is -0.120. The minimum atomic E-state index is 0.0724. The van der Waals surface area contributed by atoms with Crippen LogP contribution >= 0.6 is 0 Å². The molecule has 1 amide bonds. The Morgan fingerprint density at radius 1 is 1.29 bits per heavy atom. The highest BCUT2D eigenvalue weighted by Crippen LogP contribution is 2.28. The fraction of sp³-hybridized carbons (Fsp3) is 0.923. The fourth-order valence-electron chi connectivity index (χ4n) is 2.49. The van der Waals surface area contributed by atoms with Crippen molar-refractivity contribution in [3.8, 4) is 0 Å². The van der Waals surface area contributed by atoms with Crippen LogP contribution in [-0.4, -0.2) is 37.3 Å². The lowest BCUT2D eigenvalue weighted by Crippen LogP contribution is -2.38. The van der Waals surface area contributed by atoms with Crippen molar-refractivity contribution in [1.82, 2.24) is 10.6 Å². The predicted octanol–water partition coefficient (Wildman–Crippen LogP) is 0.901. The molecule has 1 aliphatic rings. The summed E-state index contributed by atoms with van der Waals surface area (Å²) in [5, 5.41) is 15.3. The first-order valence-corrected chi connectivity index (χ1v) is 6.86. The molecule has 0 aliphatic heterocycles. The van der Waals surface area contributed by atoms with Crippen molar-refractivity contribution in [2.24, 2.45) is 11.8 Å². The maximum Gasteiger partial charge on any atom is 0.233 e. The van der Waals surface area contributed by atoms with E-state index in [2.05, 4.69) is 10.6 Å². The van der Waals surface area contributed by atoms with Gasteiger partial charge in [-0.05, 0) is 37.6 Å². The molecule has 1 saturated carbocycles. The van der Waals surface area contributed by atoms with Crippen LogP contribution in [0.1, 0.15) is 39.0 Å². The first-order valence-electron chi connectivity index (χ1n) is 6.86. The average molecular weight is 242 g/mol. The topological polar surface area (TPSA) is 61.4 Å². The number of amides is 1. The Labute approximate surface area is 104 Å². The van der Waals surface area contributed by atoms with E-state index in [1.807, 2.05) is 6.92 Å². The second-order valence-corrected chi connectivity index (χ2v) is 4.97. The summed E-state index contributed by atoms with van der Waals surface area (Å²) in [4.78, 5) is 11.4. The number of rotatable bonds is 7. The van der Waals surface area contributed by atoms with E-state index in [9.17, 15) is 9.90 Å². The zero-order valence-corrected chi connectivity index (χ0v) is 10.9. The summed E-state index contributed by atoms with van der Waals surface area (Å²) in [6.45, 7) is 4.33. The van der Waals surface area contributed by atoms with Crippen molar-refractivity contribution in [2.45, 2.75) is 39.0 Å². The summed E-state index contributed by atoms with van der Waals surface area (Å²) in [5.41, 5.74) is 0. The number of aliphatic hydroxyl groups is 1. The van der Waals surface area contributed by atoms with Gasteiger partial charge in [-0.3, -0.25) is 4.79 Å². The van der Waals surface area contributed by atoms with Gasteiger partial charge in [0, 0.05) is 13.2 Å². The first-order chi connectivity index (χ1) is 8.27. The van der Waals surface area contributed by atoms with Crippen LogP contribution in [0.2, 0.25) is 0 Å². The summed E-state index contributed by atoms with van der Waals surface area (Å²) in [6, 6.07) is 0. The molecule has 3 N–H and O–H groups in total. The van der Waals surface area contributed by atoms with E-state index in [-0.39, 0.29) is 12.5 Å². The van der Waals surface area contributed by atoms with Gasteiger partial charge in [0.1, 0.15) is 0 Å². The predicted molar refractivity (Wildman–Crippen MR) is 68.7 cm³/mol. The van der Waals surface area contributed by atoms with E-state index in [0.717, 1.165) is 25.9 Å². The van der Waals surface area contributed by atoms with Crippen LogP contribution in [0, 0.1) is 11.8 Å². The van der Waals surface area contributed by atoms with Crippen molar-refractivity contribution in [2.75, 3.05) is 26.2 Å². The van der Waals surface area contributed by atoms with Crippen molar-refractivity contribution in [3.63, 3.8) is 0 Å². The van der Waals surface area contributed by atoms with Gasteiger partial charge in [-0.15, -0.1) is 0 Å². The normalized spacial score (nSPS) is 24.6. The molecule has 4 heteroatoms. The Morgan fingerprint density at radius 3 is 2.65 bits per heavy atom. The lowest BCUT2D eigenvalue weighted by atomic mass is 9.79. The largest absolute Gasteiger partial charge is 0.396 e. The number of nitrogens with one attached hydrogen (secondary N) is 2. The van der Waals surface area contributed by atoms with Crippen LogP contribution in [0.5, 0.6) is 0 Å². The number of carbonyl (C=O) groups excluding carboxylic acids is 1. The van der Waals surface area contributed by atoms with Crippen molar-refractivity contribution in [1.29, 1.82) is 0 Å². The quantitative estimate of drug-likeness (QED) is 0.621. The van der Waals surface area contributed by atoms with Crippen molar-refractivity contribution >= 4 is 5.91 Å². The summed E-state index contributed by atoms with van der Waals surface area (Å²) < 4.78 is 0. The molecule has 1 rings (SSSR count). The van der Waals surface area contributed by atoms with E-state index in [1.165, 1.54) is 19.3 Å². The molecule has 0 radical (unpaired) electrons. The smallest absolute Gasteiger partial charge is 0.233 e. The Balaban J connectivity index is 2.14. The number of hydrogen-bond acceptors (Lipinski definition) is 3. The molecule has 1 aliphatic carbocycles. The summed E-state index contributed by atoms with van der Waals surface area (Å²) in [6.07, 6.45) is 5.77. The fourth-order valence-corrected chi connectivity index (χ4v) is 2.49. The van der Waals surface area contributed by atoms with Crippen LogP contribution in [0.25, 0.3) is 0 Å². The molecule has 0 spiro atoms. The minimum Gasteiger partial charge on any atom is -0.396 e. The molecule has 0 aromatic heterocycles. The van der Waals surface area contributed by atoms with Gasteiger partial charge in [-0.25, -0.2) is 0 Å². The van der Waals surface area contributed by atoms with Gasteiger partial charge < -0.3 is 15.7 Å². The number of aliphatic hydroxyl groups excluding tert-OH is 1. The van der Waals surface area contributed by atoms with E-state index in [0.29, 0.717) is 18.4 Å². The third-order valence-electron chi connectivity index (χ3n) is 3.57. The van der Waals surface area contributed by atoms with Crippen LogP contribution in [0.4, 0.5) is 0 Å². The Bertz CT molecular complexity index is 221. The molecule has 0 bridgehead atoms. The van der Waals surface area contributed by atoms with Crippen LogP contribution in [0.15, 0.2) is 0 Å². The highest BCUT2D eigenvalue weighted by Gasteiger charge is 2.23. The molecule has 0 heterocycles. The van der Waals surface area contributed by atoms with Gasteiger partial charge in [0.05, 0.1) is 6.54 Å². The second-order valence-electron chi connectivity index (χ2n) is 4.97. The maximum atomic E-state index is 11.4. The van der Waals surface area contributed by atoms with Gasteiger partial charge in [-0.1, -0.05) is 19.8 Å². The lowest BCUT2D eigenvalue weighted by Gasteiger charge is -2.30. The Hall–Kier alpha value is -0.610. The molecule has 0 aromatic rings. The molecule has 4 nitrogen and oxygen atoms in total. The van der Waals surface area contributed by atoms with Gasteiger partial charge in [0.2, 0.25) is 5.91 Å². The van der Waals surface area contributed by atoms with Gasteiger partial charge in [0.15, 0.2) is 0 Å². The molecular weight excluding hydrogens is 216 g/mol. The molecular formula is C13H26N2O2. The first kappa shape index (κ1) is 14.5. The number of carbonyl (C=O) groups is 1. The summed E-state index contributed by atoms with van der Waals surface area (Å²) in [7, 11) is 0. The zero-order valence-electron chi connectivity index (χ0n) is 10.9. The SMILES string of the molecule is CCCNC(=O)CNCC1CCCCC1CO. The van der Waals surface area contributed by atoms with Gasteiger partial charge >= 0.3 is 0 Å². The maximum absolute atomic E-state index is 11.4. The van der Waals surface area contributed by atoms with Crippen LogP contribution < -0.4 is 10.6 Å². The molecule has 100 valence electrons. The van der Waals surface area contributed by atoms with Crippen molar-refractivity contribution < 1.29 is 9.90 Å². The van der Waals surface area contributed by atoms with E-state index in [1.54, 1.807) is 0 Å². The molecule has 2 unspecified atom stereocenters. The van der Waals surface area contributed by atoms with E-state index < -0.39 is 0 Å². The van der Waals surface area contributed by atoms with Gasteiger partial charge in [-0.2, -0.15) is 0 Å². The minimum absolute atomic E-state index is 0.0724. The third kappa shape index (κ3) is 5.50. The van der Waals surface area contributed by atoms with Crippen LogP contribution in [0.3, 0.4) is 0 Å². The summed E-state index contributed by atoms with van der Waals surface area (Å²) in [5.74, 6) is 1.03. The molecule has 0 aromatic carbocycles. The summed E-state index contributed by atoms with van der Waals surface area (Å²) >= 11 is 0. The average Bonchev–Trinajstić information content (AvgIpc) is 2.37. The molecule has 1 fully saturated rings. The number of hydrogen-bond donors (Lipinski definition) is 3. The monoisotopic (exact) mass is 242 g/mol. The molecule has 17 heavy (non-hydrogen) atoms. The molecule has 2 atom stereocenters. The van der Waals surface area contributed by atoms with E-state index >= 15 is 0 Å². The Morgan fingerprint density at radius 2 is 2.00 bits per heavy atom. The van der Waals surface area contributed by atoms with E-state index in [4.69, 9.17) is 0 Å². The zero-order chi connectivity index (χ0) is 12.5. The molecule has 0 saturated heterocycles. The standard InChI is InChI=1S/C13H26N2O2/c1-2-7-15-13(17)9-14-8-11-5-3-4-6-12(11)10-16/h11-12,14,16H,2-10H2,1H3,(H,15,17). The highest BCUT2D eigenvalue weighted by molar-refractivity contribution is 5.77. The second kappa shape index (κ2) is 8.48. The van der Waals surface area contributed by atoms with Crippen LogP contribution in [-0.2, 0) is 4.79 Å². The van der Waals surface area contributed by atoms with Crippen molar-refractivity contribution in [3.05, 3.63) is 0 Å².